The predicted octanol–water partition coefficient (Wildman–Crippen LogP) is 17.3. The smallest absolute Gasteiger partial charge is 0.0549 e. The summed E-state index contributed by atoms with van der Waals surface area (Å²) >= 11 is 0. The summed E-state index contributed by atoms with van der Waals surface area (Å²) < 4.78 is 0. The summed E-state index contributed by atoms with van der Waals surface area (Å²) in [6.45, 7) is 27.5. The van der Waals surface area contributed by atoms with E-state index in [0.717, 1.165) is 0 Å². The maximum absolute atomic E-state index is 2.43. The Morgan fingerprint density at radius 3 is 0.794 bits per heavy atom. The topological polar surface area (TPSA) is 0 Å². The van der Waals surface area contributed by atoms with Crippen LogP contribution < -0.4 is 0 Å². The van der Waals surface area contributed by atoms with Crippen molar-refractivity contribution in [1.29, 1.82) is 0 Å². The van der Waals surface area contributed by atoms with E-state index in [-0.39, 0.29) is 21.7 Å². The molecule has 0 heterocycles. The van der Waals surface area contributed by atoms with Crippen molar-refractivity contribution in [2.45, 2.75) is 105 Å². The van der Waals surface area contributed by atoms with Gasteiger partial charge in [0.25, 0.3) is 0 Å². The molecule has 0 unspecified atom stereocenters. The molecule has 0 nitrogen and oxygen atoms in total. The van der Waals surface area contributed by atoms with E-state index in [9.17, 15) is 0 Å². The van der Waals surface area contributed by atoms with Crippen LogP contribution in [0.2, 0.25) is 0 Å². The van der Waals surface area contributed by atoms with Gasteiger partial charge < -0.3 is 0 Å². The molecule has 0 aromatic heterocycles. The van der Waals surface area contributed by atoms with Gasteiger partial charge in [0.1, 0.15) is 0 Å². The molecule has 0 radical (unpaired) electrons. The maximum Gasteiger partial charge on any atom is 0.0549 e. The van der Waals surface area contributed by atoms with Crippen molar-refractivity contribution < 1.29 is 0 Å². The molecule has 0 N–H and O–H groups in total. The van der Waals surface area contributed by atoms with Gasteiger partial charge in [-0.1, -0.05) is 224 Å². The normalized spacial score (nSPS) is 13.5. The van der Waals surface area contributed by atoms with Gasteiger partial charge in [0.15, 0.2) is 0 Å². The Labute approximate surface area is 409 Å². The molecule has 0 heteroatoms. The van der Waals surface area contributed by atoms with E-state index >= 15 is 0 Å². The fraction of sp³-hybridized carbons (Fsp3) is 0.235. The summed E-state index contributed by atoms with van der Waals surface area (Å²) in [5, 5.41) is 0. The van der Waals surface area contributed by atoms with Crippen LogP contribution in [0.15, 0.2) is 194 Å². The number of benzene rings is 8. The molecule has 9 rings (SSSR count). The van der Waals surface area contributed by atoms with Crippen molar-refractivity contribution in [3.63, 3.8) is 0 Å². The zero-order valence-electron chi connectivity index (χ0n) is 42.5. The maximum atomic E-state index is 2.43. The van der Waals surface area contributed by atoms with Crippen LogP contribution in [0, 0.1) is 23.7 Å². The van der Waals surface area contributed by atoms with Crippen LogP contribution in [-0.4, -0.2) is 0 Å². The summed E-state index contributed by atoms with van der Waals surface area (Å²) in [5.74, 6) is 4.84. The first kappa shape index (κ1) is 46.4. The summed E-state index contributed by atoms with van der Waals surface area (Å²) in [5.41, 5.74) is 19.7. The molecule has 0 saturated heterocycles. The molecule has 0 atom stereocenters. The van der Waals surface area contributed by atoms with E-state index in [4.69, 9.17) is 0 Å². The lowest BCUT2D eigenvalue weighted by Crippen LogP contribution is -2.14. The number of rotatable bonds is 4. The third kappa shape index (κ3) is 9.53. The molecular formula is C68H68. The Bertz CT molecular complexity index is 2510. The van der Waals surface area contributed by atoms with E-state index in [1.807, 2.05) is 0 Å². The summed E-state index contributed by atoms with van der Waals surface area (Å²) in [4.78, 5) is 0. The summed E-state index contributed by atoms with van der Waals surface area (Å²) in [7, 11) is 0. The van der Waals surface area contributed by atoms with Crippen LogP contribution in [-0.2, 0) is 21.7 Å². The molecular weight excluding hydrogens is 817 g/mol. The summed E-state index contributed by atoms with van der Waals surface area (Å²) in [6.07, 6.45) is 0. The van der Waals surface area contributed by atoms with Crippen molar-refractivity contribution in [2.24, 2.45) is 0 Å². The monoisotopic (exact) mass is 885 g/mol. The molecule has 0 saturated carbocycles. The molecule has 0 spiro atoms. The van der Waals surface area contributed by atoms with Crippen LogP contribution in [0.1, 0.15) is 172 Å². The molecule has 8 aromatic rings. The second-order valence-electron chi connectivity index (χ2n) is 23.1. The van der Waals surface area contributed by atoms with Gasteiger partial charge in [-0.05, 0) is 112 Å². The first-order chi connectivity index (χ1) is 32.2. The van der Waals surface area contributed by atoms with E-state index in [1.165, 1.54) is 113 Å². The zero-order valence-corrected chi connectivity index (χ0v) is 42.5. The number of hydrogen-bond acceptors (Lipinski definition) is 0. The summed E-state index contributed by atoms with van der Waals surface area (Å²) in [6, 6.07) is 74.3. The van der Waals surface area contributed by atoms with Crippen molar-refractivity contribution in [2.75, 3.05) is 0 Å². The van der Waals surface area contributed by atoms with Gasteiger partial charge in [0, 0.05) is 17.2 Å². The standard InChI is InChI=1S/C68H68/c1-65(2,3)57-33-25-45(26-34-57)61-49-17-13-19-51(41-49)62(46-27-35-58(36-28-46)66(4,5)6)53-21-15-23-55(43-53)64(48-31-39-60(40-32-48)68(10,11)12)56-24-16-22-54(44-56)63(52-20-14-18-50(61)42-52)47-29-37-59(38-30-47)67(7,8)9/h13-44H,1-12H3. The number of hydrogen-bond donors (Lipinski definition) is 0. The van der Waals surface area contributed by atoms with Crippen molar-refractivity contribution in [3.8, 4) is 0 Å². The van der Waals surface area contributed by atoms with Gasteiger partial charge in [0.2, 0.25) is 0 Å². The quantitative estimate of drug-likeness (QED) is 0.155. The molecule has 0 fully saturated rings. The fourth-order valence-electron chi connectivity index (χ4n) is 9.87. The first-order valence-electron chi connectivity index (χ1n) is 24.6. The van der Waals surface area contributed by atoms with Gasteiger partial charge in [0.05, 0.1) is 34.1 Å². The van der Waals surface area contributed by atoms with Gasteiger partial charge in [-0.2, -0.15) is 0 Å². The van der Waals surface area contributed by atoms with Crippen molar-refractivity contribution in [3.05, 3.63) is 307 Å². The Morgan fingerprint density at radius 2 is 0.485 bits per heavy atom. The van der Waals surface area contributed by atoms with Gasteiger partial charge in [-0.3, -0.25) is 0 Å². The first-order valence-corrected chi connectivity index (χ1v) is 24.6. The predicted molar refractivity (Wildman–Crippen MR) is 289 cm³/mol. The van der Waals surface area contributed by atoms with Crippen molar-refractivity contribution in [1.82, 2.24) is 0 Å². The lowest BCUT2D eigenvalue weighted by molar-refractivity contribution is 0.590. The molecule has 8 aromatic carbocycles. The minimum Gasteiger partial charge on any atom is -0.109 e. The van der Waals surface area contributed by atoms with Gasteiger partial charge in [-0.25, -0.2) is 0 Å². The molecule has 1 aliphatic carbocycles. The largest absolute Gasteiger partial charge is 0.109 e. The molecule has 340 valence electrons. The number of fused-ring (bicyclic) bond motifs is 8. The van der Waals surface area contributed by atoms with E-state index in [2.05, 4.69) is 277 Å². The lowest BCUT2D eigenvalue weighted by atomic mass is 9.75. The van der Waals surface area contributed by atoms with Crippen LogP contribution in [0.25, 0.3) is 0 Å². The molecule has 0 aliphatic heterocycles. The highest BCUT2D eigenvalue weighted by molar-refractivity contribution is 5.69. The highest BCUT2D eigenvalue weighted by Gasteiger charge is 2.30. The van der Waals surface area contributed by atoms with Crippen LogP contribution in [0.3, 0.4) is 0 Å². The van der Waals surface area contributed by atoms with Crippen LogP contribution >= 0.6 is 0 Å². The van der Waals surface area contributed by atoms with Gasteiger partial charge >= 0.3 is 0 Å². The molecule has 8 bridgehead atoms. The minimum atomic E-state index is 0.0402. The average Bonchev–Trinajstić information content (AvgIpc) is 3.29. The van der Waals surface area contributed by atoms with E-state index in [0.29, 0.717) is 0 Å². The highest BCUT2D eigenvalue weighted by atomic mass is 14.3. The SMILES string of the molecule is CC(C)(C)c1ccc([C+]2c3cccc(c3)[C+](c3ccc(C(C)(C)C)cc3)c3cccc(c3)[C-](c3ccc(C(C)(C)C)cc3)c3cccc(c3)[C-](c3ccc(C(C)(C)C)cc3)c3cccc2c3)cc1. The molecule has 0 amide bonds. The highest BCUT2D eigenvalue weighted by Crippen LogP contribution is 2.43. The van der Waals surface area contributed by atoms with Gasteiger partial charge in [-0.15, -0.1) is 24.3 Å². The van der Waals surface area contributed by atoms with E-state index < -0.39 is 0 Å². The van der Waals surface area contributed by atoms with Crippen molar-refractivity contribution >= 4 is 0 Å². The fourth-order valence-corrected chi connectivity index (χ4v) is 9.87. The third-order valence-electron chi connectivity index (χ3n) is 13.9. The second-order valence-corrected chi connectivity index (χ2v) is 23.1. The molecule has 1 aliphatic rings. The minimum absolute atomic E-state index is 0.0402. The Morgan fingerprint density at radius 1 is 0.235 bits per heavy atom. The lowest BCUT2D eigenvalue weighted by Gasteiger charge is -2.31. The average molecular weight is 885 g/mol. The zero-order chi connectivity index (χ0) is 48.2. The Kier molecular flexibility index (Phi) is 12.1. The Balaban J connectivity index is 1.33. The second kappa shape index (κ2) is 17.7. The molecule has 68 heavy (non-hydrogen) atoms. The van der Waals surface area contributed by atoms with E-state index in [1.54, 1.807) is 0 Å². The van der Waals surface area contributed by atoms with Crippen LogP contribution in [0.4, 0.5) is 0 Å². The van der Waals surface area contributed by atoms with Crippen LogP contribution in [0.5, 0.6) is 0 Å². The third-order valence-corrected chi connectivity index (χ3v) is 13.9. The Hall–Kier alpha value is -6.76.